The maximum Gasteiger partial charge on any atom is 0.306 e. The first kappa shape index (κ1) is 59.2. The number of ketones is 1. The fourth-order valence-electron chi connectivity index (χ4n) is 10.9. The molecule has 7 rings (SSSR count). The average molecular weight is 1070 g/mol. The van der Waals surface area contributed by atoms with Crippen molar-refractivity contribution in [2.45, 2.75) is 174 Å². The van der Waals surface area contributed by atoms with Gasteiger partial charge in [0.15, 0.2) is 0 Å². The molecule has 0 saturated heterocycles. The molecule has 0 fully saturated rings. The van der Waals surface area contributed by atoms with Crippen LogP contribution in [0.3, 0.4) is 0 Å². The van der Waals surface area contributed by atoms with E-state index in [9.17, 15) is 24.0 Å². The highest BCUT2D eigenvalue weighted by Crippen LogP contribution is 2.39. The van der Waals surface area contributed by atoms with Crippen LogP contribution in [0.4, 0.5) is 0 Å². The molecule has 0 aliphatic carbocycles. The fourth-order valence-corrected chi connectivity index (χ4v) is 15.5. The molecule has 0 radical (unpaired) electrons. The third kappa shape index (κ3) is 15.2. The zero-order valence-electron chi connectivity index (χ0n) is 48.0. The summed E-state index contributed by atoms with van der Waals surface area (Å²) in [5.74, 6) is -1.05. The Labute approximate surface area is 466 Å². The highest BCUT2D eigenvalue weighted by molar-refractivity contribution is 6.99. The van der Waals surface area contributed by atoms with E-state index in [1.165, 1.54) is 4.90 Å². The van der Waals surface area contributed by atoms with Crippen molar-refractivity contribution >= 4 is 58.9 Å². The van der Waals surface area contributed by atoms with Crippen LogP contribution in [0, 0.1) is 0 Å². The minimum Gasteiger partial charge on any atom is -0.459 e. The number of carbonyl (C=O) groups is 5. The smallest absolute Gasteiger partial charge is 0.306 e. The number of nitrogens with zero attached hydrogens (tertiary/aromatic N) is 2. The Morgan fingerprint density at radius 1 is 0.538 bits per heavy atom. The van der Waals surface area contributed by atoms with Crippen LogP contribution < -0.4 is 10.4 Å². The largest absolute Gasteiger partial charge is 0.459 e. The Morgan fingerprint density at radius 2 is 0.974 bits per heavy atom. The number of esters is 1. The molecule has 1 unspecified atom stereocenters. The van der Waals surface area contributed by atoms with E-state index in [1.54, 1.807) is 4.90 Å². The molecule has 0 bridgehead atoms. The van der Waals surface area contributed by atoms with Crippen LogP contribution >= 0.6 is 0 Å². The van der Waals surface area contributed by atoms with Crippen molar-refractivity contribution in [1.82, 2.24) is 9.80 Å². The zero-order valence-corrected chi connectivity index (χ0v) is 49.0. The first-order valence-corrected chi connectivity index (χ1v) is 30.4. The molecule has 6 aromatic carbocycles. The van der Waals surface area contributed by atoms with Crippen LogP contribution in [-0.2, 0) is 47.5 Å². The number of unbranched alkanes of at least 4 members (excludes halogenated alkanes) is 7. The summed E-state index contributed by atoms with van der Waals surface area (Å²) in [6.45, 7) is 20.7. The van der Waals surface area contributed by atoms with Crippen molar-refractivity contribution in [3.05, 3.63) is 179 Å². The lowest BCUT2D eigenvalue weighted by Gasteiger charge is -2.43. The average Bonchev–Trinajstić information content (AvgIpc) is 3.40. The van der Waals surface area contributed by atoms with Gasteiger partial charge in [-0.15, -0.1) is 0 Å². The van der Waals surface area contributed by atoms with E-state index in [0.717, 1.165) is 88.3 Å². The Bertz CT molecular complexity index is 2830. The van der Waals surface area contributed by atoms with Gasteiger partial charge in [-0.3, -0.25) is 28.9 Å². The number of hydrogen-bond donors (Lipinski definition) is 0. The molecule has 9 nitrogen and oxygen atoms in total. The molecule has 3 amide bonds. The molecule has 1 atom stereocenters. The normalized spacial score (nSPS) is 13.4. The standard InChI is InChI=1S/C68H84N2O7Si/c1-66(2,3)53-42-52-43-54(67(4,5)6)45-60-63(52)59(44-53)64(74)70(65(60)75)41-29-15-13-11-10-12-14-28-38-62(73)77-56(49-76-78(68(7,8)9,57-34-24-18-25-35-57)58-36-26-19-27-37-58)46-55(71)39-40-61(72)69(47-50-30-20-16-21-31-50)48-51-32-22-17-23-33-51/h16-27,30-37,42-45,56H,10-15,28-29,38-41,46-49H2,1-9H3. The van der Waals surface area contributed by atoms with Crippen molar-refractivity contribution in [3.63, 3.8) is 0 Å². The van der Waals surface area contributed by atoms with Gasteiger partial charge < -0.3 is 14.1 Å². The van der Waals surface area contributed by atoms with Gasteiger partial charge in [0.1, 0.15) is 11.9 Å². The van der Waals surface area contributed by atoms with Gasteiger partial charge in [-0.25, -0.2) is 0 Å². The predicted octanol–water partition coefficient (Wildman–Crippen LogP) is 14.0. The molecule has 1 heterocycles. The quantitative estimate of drug-likeness (QED) is 0.0230. The van der Waals surface area contributed by atoms with Crippen LogP contribution in [0.1, 0.15) is 182 Å². The number of benzene rings is 6. The van der Waals surface area contributed by atoms with Crippen LogP contribution in [0.15, 0.2) is 146 Å². The van der Waals surface area contributed by atoms with Gasteiger partial charge in [0.2, 0.25) is 5.91 Å². The van der Waals surface area contributed by atoms with Crippen molar-refractivity contribution in [2.75, 3.05) is 13.2 Å². The molecule has 0 aromatic heterocycles. The Kier molecular flexibility index (Phi) is 20.1. The molecule has 0 spiro atoms. The Balaban J connectivity index is 0.930. The van der Waals surface area contributed by atoms with Crippen LogP contribution in [0.5, 0.6) is 0 Å². The molecule has 1 aliphatic heterocycles. The number of carbonyl (C=O) groups excluding carboxylic acids is 5. The minimum atomic E-state index is -3.04. The summed E-state index contributed by atoms with van der Waals surface area (Å²) >= 11 is 0. The maximum atomic E-state index is 14.0. The van der Waals surface area contributed by atoms with Crippen LogP contribution in [0.2, 0.25) is 5.04 Å². The van der Waals surface area contributed by atoms with Gasteiger partial charge in [0, 0.05) is 61.8 Å². The van der Waals surface area contributed by atoms with Gasteiger partial charge in [-0.1, -0.05) is 234 Å². The second-order valence-corrected chi connectivity index (χ2v) is 28.8. The summed E-state index contributed by atoms with van der Waals surface area (Å²) in [5, 5.41) is 3.57. The predicted molar refractivity (Wildman–Crippen MR) is 318 cm³/mol. The second kappa shape index (κ2) is 26.4. The van der Waals surface area contributed by atoms with E-state index in [0.29, 0.717) is 37.2 Å². The van der Waals surface area contributed by atoms with E-state index >= 15 is 0 Å². The molecule has 1 aliphatic rings. The second-order valence-electron chi connectivity index (χ2n) is 24.5. The van der Waals surface area contributed by atoms with Gasteiger partial charge >= 0.3 is 5.97 Å². The van der Waals surface area contributed by atoms with Crippen molar-refractivity contribution < 1.29 is 33.1 Å². The van der Waals surface area contributed by atoms with E-state index in [2.05, 4.69) is 98.7 Å². The molecular weight excluding hydrogens is 985 g/mol. The number of ether oxygens (including phenoxy) is 1. The van der Waals surface area contributed by atoms with E-state index in [-0.39, 0.29) is 77.6 Å². The lowest BCUT2D eigenvalue weighted by Crippen LogP contribution is -2.67. The SMILES string of the molecule is CC(C)(C)c1cc2c3c(cc(C(C)(C)C)cc3c1)C(=O)N(CCCCCCCCCCC(=O)OC(CO[Si](c1ccccc1)(c1ccccc1)C(C)(C)C)CC(=O)CCC(=O)N(Cc1ccccc1)Cc1ccccc1)C2=O. The van der Waals surface area contributed by atoms with Crippen LogP contribution in [-0.4, -0.2) is 66.8 Å². The molecule has 78 heavy (non-hydrogen) atoms. The van der Waals surface area contributed by atoms with E-state index < -0.39 is 14.4 Å². The van der Waals surface area contributed by atoms with Crippen molar-refractivity contribution in [2.24, 2.45) is 0 Å². The minimum absolute atomic E-state index is 0.0168. The van der Waals surface area contributed by atoms with Crippen LogP contribution in [0.25, 0.3) is 10.8 Å². The summed E-state index contributed by atoms with van der Waals surface area (Å²) in [5.41, 5.74) is 5.10. The summed E-state index contributed by atoms with van der Waals surface area (Å²) in [7, 11) is -3.04. The first-order valence-electron chi connectivity index (χ1n) is 28.5. The van der Waals surface area contributed by atoms with Gasteiger partial charge in [-0.05, 0) is 78.9 Å². The van der Waals surface area contributed by atoms with Gasteiger partial charge in [0.05, 0.1) is 6.61 Å². The summed E-state index contributed by atoms with van der Waals surface area (Å²) < 4.78 is 13.4. The molecule has 0 saturated carbocycles. The van der Waals surface area contributed by atoms with Gasteiger partial charge in [-0.2, -0.15) is 0 Å². The third-order valence-electron chi connectivity index (χ3n) is 15.3. The molecule has 6 aromatic rings. The van der Waals surface area contributed by atoms with E-state index in [4.69, 9.17) is 9.16 Å². The summed E-state index contributed by atoms with van der Waals surface area (Å²) in [6.07, 6.45) is 6.49. The number of rotatable bonds is 26. The first-order chi connectivity index (χ1) is 37.2. The third-order valence-corrected chi connectivity index (χ3v) is 20.3. The molecule has 10 heteroatoms. The lowest BCUT2D eigenvalue weighted by molar-refractivity contribution is -0.152. The Hall–Kier alpha value is -6.49. The zero-order chi connectivity index (χ0) is 56.1. The Morgan fingerprint density at radius 3 is 1.42 bits per heavy atom. The number of Topliss-reactive ketones (excluding diaryl/α,β-unsaturated/α-hetero) is 1. The molecule has 0 N–H and O–H groups in total. The molecule has 412 valence electrons. The van der Waals surface area contributed by atoms with E-state index in [1.807, 2.05) is 109 Å². The summed E-state index contributed by atoms with van der Waals surface area (Å²) in [4.78, 5) is 72.9. The maximum absolute atomic E-state index is 14.0. The highest BCUT2D eigenvalue weighted by Gasteiger charge is 2.50. The fraction of sp³-hybridized carbons (Fsp3) is 0.426. The van der Waals surface area contributed by atoms with Gasteiger partial charge in [0.25, 0.3) is 20.1 Å². The monoisotopic (exact) mass is 1070 g/mol. The summed E-state index contributed by atoms with van der Waals surface area (Å²) in [6, 6.07) is 48.6. The topological polar surface area (TPSA) is 110 Å². The number of amides is 3. The lowest BCUT2D eigenvalue weighted by atomic mass is 9.79. The number of imide groups is 1. The highest BCUT2D eigenvalue weighted by atomic mass is 28.4. The van der Waals surface area contributed by atoms with Crippen molar-refractivity contribution in [3.8, 4) is 0 Å². The number of hydrogen-bond acceptors (Lipinski definition) is 7. The van der Waals surface area contributed by atoms with Crippen molar-refractivity contribution in [1.29, 1.82) is 0 Å². The molecular formula is C68H84N2O7Si.